The second-order valence-electron chi connectivity index (χ2n) is 5.85. The van der Waals surface area contributed by atoms with E-state index in [1.165, 1.54) is 0 Å². The normalized spacial score (nSPS) is 10.9. The molecule has 0 fully saturated rings. The highest BCUT2D eigenvalue weighted by molar-refractivity contribution is 7.71. The van der Waals surface area contributed by atoms with Crippen LogP contribution in [0.15, 0.2) is 28.8 Å². The average Bonchev–Trinajstić information content (AvgIpc) is 3.22. The van der Waals surface area contributed by atoms with Gasteiger partial charge in [-0.25, -0.2) is 4.98 Å². The van der Waals surface area contributed by atoms with Crippen LogP contribution in [0.1, 0.15) is 18.1 Å². The van der Waals surface area contributed by atoms with E-state index in [1.807, 2.05) is 7.05 Å². The Bertz CT molecular complexity index is 1010. The van der Waals surface area contributed by atoms with Crippen molar-refractivity contribution in [2.75, 3.05) is 6.54 Å². The van der Waals surface area contributed by atoms with Crippen molar-refractivity contribution in [2.24, 2.45) is 7.05 Å². The van der Waals surface area contributed by atoms with Crippen LogP contribution in [0.3, 0.4) is 0 Å². The summed E-state index contributed by atoms with van der Waals surface area (Å²) in [6, 6.07) is 5.14. The zero-order chi connectivity index (χ0) is 19.4. The van der Waals surface area contributed by atoms with Gasteiger partial charge in [-0.15, -0.1) is 0 Å². The maximum atomic E-state index is 12.0. The molecule has 2 N–H and O–H groups in total. The number of carbonyl (C=O) groups is 1. The summed E-state index contributed by atoms with van der Waals surface area (Å²) >= 11 is 17.1. The summed E-state index contributed by atoms with van der Waals surface area (Å²) in [5.41, 5.74) is 0.706. The number of nitrogens with zero attached hydrogens (tertiary/aromatic N) is 3. The van der Waals surface area contributed by atoms with Crippen LogP contribution in [0.5, 0.6) is 0 Å². The number of carbonyl (C=O) groups excluding carboxylic acids is 1. The maximum Gasteiger partial charge on any atom is 0.220 e. The molecule has 7 nitrogen and oxygen atoms in total. The highest BCUT2D eigenvalue weighted by Crippen LogP contribution is 2.30. The minimum atomic E-state index is -0.0870. The van der Waals surface area contributed by atoms with Crippen molar-refractivity contribution in [1.29, 1.82) is 0 Å². The van der Waals surface area contributed by atoms with Crippen LogP contribution >= 0.6 is 35.4 Å². The molecule has 3 aromatic rings. The molecule has 0 spiro atoms. The first-order valence-electron chi connectivity index (χ1n) is 8.21. The lowest BCUT2D eigenvalue weighted by Crippen LogP contribution is -2.26. The van der Waals surface area contributed by atoms with Gasteiger partial charge in [0, 0.05) is 43.4 Å². The highest BCUT2D eigenvalue weighted by Gasteiger charge is 2.12. The quantitative estimate of drug-likeness (QED) is 0.562. The minimum Gasteiger partial charge on any atom is -0.441 e. The van der Waals surface area contributed by atoms with Crippen molar-refractivity contribution in [3.8, 4) is 11.3 Å². The molecule has 3 rings (SSSR count). The molecule has 27 heavy (non-hydrogen) atoms. The number of halogens is 2. The molecule has 0 aliphatic rings. The standard InChI is InChI=1S/C17H17Cl2N5O2S/c1-24-14(22-23-17(24)27)6-7-20-15(25)4-5-16-21-9-13(26-16)11-3-2-10(18)8-12(11)19/h2-3,8-9H,4-7H2,1H3,(H,20,25)(H,23,27). The van der Waals surface area contributed by atoms with Gasteiger partial charge in [0.05, 0.1) is 11.2 Å². The van der Waals surface area contributed by atoms with Crippen LogP contribution in [0.25, 0.3) is 11.3 Å². The number of aromatic nitrogens is 4. The lowest BCUT2D eigenvalue weighted by molar-refractivity contribution is -0.121. The monoisotopic (exact) mass is 425 g/mol. The molecule has 0 aliphatic carbocycles. The van der Waals surface area contributed by atoms with E-state index in [4.69, 9.17) is 39.8 Å². The Balaban J connectivity index is 1.48. The van der Waals surface area contributed by atoms with Gasteiger partial charge in [0.1, 0.15) is 5.82 Å². The Morgan fingerprint density at radius 3 is 2.89 bits per heavy atom. The fraction of sp³-hybridized carbons (Fsp3) is 0.294. The van der Waals surface area contributed by atoms with Gasteiger partial charge in [0.25, 0.3) is 0 Å². The first kappa shape index (κ1) is 19.6. The van der Waals surface area contributed by atoms with Crippen molar-refractivity contribution in [3.63, 3.8) is 0 Å². The summed E-state index contributed by atoms with van der Waals surface area (Å²) in [7, 11) is 1.83. The lowest BCUT2D eigenvalue weighted by Gasteiger charge is -2.04. The van der Waals surface area contributed by atoms with E-state index in [1.54, 1.807) is 29.0 Å². The number of nitrogens with one attached hydrogen (secondary N) is 2. The van der Waals surface area contributed by atoms with Crippen LogP contribution in [0.4, 0.5) is 0 Å². The second-order valence-corrected chi connectivity index (χ2v) is 7.08. The van der Waals surface area contributed by atoms with E-state index in [-0.39, 0.29) is 12.3 Å². The lowest BCUT2D eigenvalue weighted by atomic mass is 10.2. The number of H-pyrrole nitrogens is 1. The van der Waals surface area contributed by atoms with Gasteiger partial charge >= 0.3 is 0 Å². The van der Waals surface area contributed by atoms with Gasteiger partial charge in [-0.05, 0) is 30.4 Å². The van der Waals surface area contributed by atoms with Gasteiger partial charge in [0.15, 0.2) is 16.4 Å². The number of rotatable bonds is 7. The van der Waals surface area contributed by atoms with E-state index in [0.717, 1.165) is 5.82 Å². The van der Waals surface area contributed by atoms with Gasteiger partial charge in [0.2, 0.25) is 5.91 Å². The molecule has 1 amide bonds. The Morgan fingerprint density at radius 2 is 2.19 bits per heavy atom. The van der Waals surface area contributed by atoms with Crippen LogP contribution in [-0.2, 0) is 24.7 Å². The Kier molecular flexibility index (Phi) is 6.30. The number of benzene rings is 1. The predicted molar refractivity (Wildman–Crippen MR) is 105 cm³/mol. The van der Waals surface area contributed by atoms with E-state index in [9.17, 15) is 4.79 Å². The van der Waals surface area contributed by atoms with E-state index >= 15 is 0 Å². The summed E-state index contributed by atoms with van der Waals surface area (Å²) in [4.78, 5) is 16.2. The number of hydrogen-bond acceptors (Lipinski definition) is 5. The largest absolute Gasteiger partial charge is 0.441 e. The molecule has 1 aromatic carbocycles. The maximum absolute atomic E-state index is 12.0. The molecule has 0 saturated carbocycles. The number of amides is 1. The summed E-state index contributed by atoms with van der Waals surface area (Å²) in [5.74, 6) is 1.71. The van der Waals surface area contributed by atoms with Crippen LogP contribution in [0.2, 0.25) is 10.0 Å². The first-order chi connectivity index (χ1) is 12.9. The number of hydrogen-bond donors (Lipinski definition) is 2. The fourth-order valence-corrected chi connectivity index (χ4v) is 3.12. The summed E-state index contributed by atoms with van der Waals surface area (Å²) < 4.78 is 8.01. The zero-order valence-corrected chi connectivity index (χ0v) is 16.8. The number of aryl methyl sites for hydroxylation is 1. The van der Waals surface area contributed by atoms with Crippen molar-refractivity contribution in [3.05, 3.63) is 50.9 Å². The molecular weight excluding hydrogens is 409 g/mol. The van der Waals surface area contributed by atoms with Crippen molar-refractivity contribution in [2.45, 2.75) is 19.3 Å². The van der Waals surface area contributed by atoms with Gasteiger partial charge in [-0.2, -0.15) is 5.10 Å². The van der Waals surface area contributed by atoms with Gasteiger partial charge in [-0.1, -0.05) is 23.2 Å². The average molecular weight is 426 g/mol. The third kappa shape index (κ3) is 4.97. The van der Waals surface area contributed by atoms with Gasteiger partial charge < -0.3 is 14.3 Å². The molecular formula is C17H17Cl2N5O2S. The zero-order valence-electron chi connectivity index (χ0n) is 14.5. The van der Waals surface area contributed by atoms with E-state index in [2.05, 4.69) is 20.5 Å². The Morgan fingerprint density at radius 1 is 1.37 bits per heavy atom. The fourth-order valence-electron chi connectivity index (χ4n) is 2.47. The van der Waals surface area contributed by atoms with E-state index < -0.39 is 0 Å². The van der Waals surface area contributed by atoms with E-state index in [0.29, 0.717) is 51.4 Å². The minimum absolute atomic E-state index is 0.0870. The molecule has 142 valence electrons. The smallest absolute Gasteiger partial charge is 0.220 e. The molecule has 0 atom stereocenters. The summed E-state index contributed by atoms with van der Waals surface area (Å²) in [5, 5.41) is 10.7. The molecule has 0 radical (unpaired) electrons. The molecule has 0 saturated heterocycles. The SMILES string of the molecule is Cn1c(CCNC(=O)CCc2ncc(-c3ccc(Cl)cc3Cl)o2)n[nH]c1=S. The summed E-state index contributed by atoms with van der Waals surface area (Å²) in [6.45, 7) is 0.476. The molecule has 0 bridgehead atoms. The first-order valence-corrected chi connectivity index (χ1v) is 9.37. The number of aromatic amines is 1. The molecule has 2 aromatic heterocycles. The van der Waals surface area contributed by atoms with Crippen LogP contribution < -0.4 is 5.32 Å². The molecule has 2 heterocycles. The second kappa shape index (κ2) is 8.69. The summed E-state index contributed by atoms with van der Waals surface area (Å²) in [6.07, 6.45) is 2.84. The highest BCUT2D eigenvalue weighted by atomic mass is 35.5. The van der Waals surface area contributed by atoms with Crippen molar-refractivity contribution < 1.29 is 9.21 Å². The predicted octanol–water partition coefficient (Wildman–Crippen LogP) is 3.73. The Labute approximate surface area is 170 Å². The van der Waals surface area contributed by atoms with Crippen molar-refractivity contribution in [1.82, 2.24) is 25.1 Å². The molecule has 10 heteroatoms. The van der Waals surface area contributed by atoms with Crippen LogP contribution in [0, 0.1) is 4.77 Å². The topological polar surface area (TPSA) is 88.7 Å². The number of oxazole rings is 1. The Hall–Kier alpha value is -2.16. The third-order valence-electron chi connectivity index (χ3n) is 3.96. The third-order valence-corrected chi connectivity index (χ3v) is 4.87. The molecule has 0 unspecified atom stereocenters. The molecule has 0 aliphatic heterocycles. The van der Waals surface area contributed by atoms with Crippen molar-refractivity contribution >= 4 is 41.3 Å². The van der Waals surface area contributed by atoms with Gasteiger partial charge in [-0.3, -0.25) is 9.89 Å². The van der Waals surface area contributed by atoms with Crippen LogP contribution in [-0.4, -0.2) is 32.2 Å².